The van der Waals surface area contributed by atoms with Crippen molar-refractivity contribution in [2.75, 3.05) is 18.6 Å². The Labute approximate surface area is 138 Å². The van der Waals surface area contributed by atoms with E-state index in [0.717, 1.165) is 37.1 Å². The van der Waals surface area contributed by atoms with E-state index in [1.807, 2.05) is 12.5 Å². The first-order valence-corrected chi connectivity index (χ1v) is 7.97. The van der Waals surface area contributed by atoms with Crippen LogP contribution in [0.1, 0.15) is 12.8 Å². The third-order valence-electron chi connectivity index (χ3n) is 4.52. The number of fused-ring (bicyclic) bond motifs is 1. The van der Waals surface area contributed by atoms with Gasteiger partial charge >= 0.3 is 0 Å². The van der Waals surface area contributed by atoms with Crippen molar-refractivity contribution in [3.05, 3.63) is 43.0 Å². The maximum absolute atomic E-state index is 13.9. The van der Waals surface area contributed by atoms with E-state index in [2.05, 4.69) is 24.4 Å². The monoisotopic (exact) mass is 327 g/mol. The fourth-order valence-corrected chi connectivity index (χ4v) is 3.37. The van der Waals surface area contributed by atoms with Crippen molar-refractivity contribution in [3.63, 3.8) is 0 Å². The van der Waals surface area contributed by atoms with E-state index in [9.17, 15) is 4.39 Å². The summed E-state index contributed by atoms with van der Waals surface area (Å²) < 4.78 is 21.1. The largest absolute Gasteiger partial charge is 0.494 e. The van der Waals surface area contributed by atoms with Gasteiger partial charge in [0, 0.05) is 43.0 Å². The van der Waals surface area contributed by atoms with Crippen molar-refractivity contribution in [1.29, 1.82) is 0 Å². The average molecular weight is 327 g/mol. The lowest BCUT2D eigenvalue weighted by molar-refractivity contribution is 0.387. The molecule has 0 radical (unpaired) electrons. The van der Waals surface area contributed by atoms with E-state index in [1.165, 1.54) is 19.5 Å². The van der Waals surface area contributed by atoms with Crippen molar-refractivity contribution < 1.29 is 9.13 Å². The molecule has 1 unspecified atom stereocenters. The highest BCUT2D eigenvalue weighted by molar-refractivity contribution is 5.90. The van der Waals surface area contributed by atoms with E-state index < -0.39 is 5.82 Å². The van der Waals surface area contributed by atoms with Crippen molar-refractivity contribution >= 4 is 16.7 Å². The minimum atomic E-state index is -0.411. The Kier molecular flexibility index (Phi) is 3.76. The van der Waals surface area contributed by atoms with Gasteiger partial charge in [-0.15, -0.1) is 0 Å². The van der Waals surface area contributed by atoms with Crippen LogP contribution in [0.4, 0.5) is 10.2 Å². The second-order valence-electron chi connectivity index (χ2n) is 5.95. The number of anilines is 1. The number of methoxy groups -OCH3 is 1. The molecule has 0 saturated carbocycles. The summed E-state index contributed by atoms with van der Waals surface area (Å²) in [5, 5.41) is 0.813. The fourth-order valence-electron chi connectivity index (χ4n) is 3.37. The van der Waals surface area contributed by atoms with E-state index in [0.29, 0.717) is 11.6 Å². The molecule has 1 aromatic carbocycles. The van der Waals surface area contributed by atoms with Gasteiger partial charge in [0.05, 0.1) is 19.0 Å². The maximum atomic E-state index is 13.9. The summed E-state index contributed by atoms with van der Waals surface area (Å²) in [6.07, 6.45) is 9.26. The topological polar surface area (TPSA) is 56.1 Å². The van der Waals surface area contributed by atoms with Gasteiger partial charge in [0.2, 0.25) is 0 Å². The number of rotatable bonds is 4. The lowest BCUT2D eigenvalue weighted by atomic mass is 10.1. The minimum Gasteiger partial charge on any atom is -0.494 e. The van der Waals surface area contributed by atoms with E-state index in [4.69, 9.17) is 4.74 Å². The first-order valence-electron chi connectivity index (χ1n) is 7.97. The Balaban J connectivity index is 1.74. The van der Waals surface area contributed by atoms with Gasteiger partial charge < -0.3 is 14.2 Å². The molecule has 1 aliphatic heterocycles. The number of hydrogen-bond donors (Lipinski definition) is 0. The summed E-state index contributed by atoms with van der Waals surface area (Å²) in [6.45, 7) is 1.77. The Morgan fingerprint density at radius 2 is 2.25 bits per heavy atom. The Hall–Kier alpha value is -2.70. The summed E-state index contributed by atoms with van der Waals surface area (Å²) in [6, 6.07) is 3.42. The number of halogens is 1. The normalized spacial score (nSPS) is 17.6. The first kappa shape index (κ1) is 14.9. The smallest absolute Gasteiger partial charge is 0.167 e. The van der Waals surface area contributed by atoms with Gasteiger partial charge in [0.1, 0.15) is 12.1 Å². The molecule has 3 aromatic rings. The molecule has 0 bridgehead atoms. The lowest BCUT2D eigenvalue weighted by Gasteiger charge is -2.27. The molecule has 0 aliphatic carbocycles. The van der Waals surface area contributed by atoms with Crippen molar-refractivity contribution in [1.82, 2.24) is 19.5 Å². The molecular formula is C17H18FN5O. The average Bonchev–Trinajstić information content (AvgIpc) is 3.26. The van der Waals surface area contributed by atoms with Crippen LogP contribution >= 0.6 is 0 Å². The Morgan fingerprint density at radius 1 is 1.33 bits per heavy atom. The molecule has 7 heteroatoms. The number of benzene rings is 1. The highest BCUT2D eigenvalue weighted by Gasteiger charge is 2.27. The van der Waals surface area contributed by atoms with Crippen LogP contribution in [0.15, 0.2) is 37.2 Å². The number of ether oxygens (including phenoxy) is 1. The van der Waals surface area contributed by atoms with Crippen LogP contribution in [-0.4, -0.2) is 39.2 Å². The van der Waals surface area contributed by atoms with Crippen LogP contribution in [-0.2, 0) is 6.54 Å². The van der Waals surface area contributed by atoms with E-state index in [-0.39, 0.29) is 5.75 Å². The predicted octanol–water partition coefficient (Wildman–Crippen LogP) is 2.64. The van der Waals surface area contributed by atoms with Gasteiger partial charge in [-0.2, -0.15) is 0 Å². The van der Waals surface area contributed by atoms with Gasteiger partial charge in [0.25, 0.3) is 0 Å². The molecule has 0 amide bonds. The number of hydrogen-bond acceptors (Lipinski definition) is 5. The van der Waals surface area contributed by atoms with Crippen LogP contribution in [0.5, 0.6) is 5.75 Å². The first-order chi connectivity index (χ1) is 11.8. The number of nitrogens with zero attached hydrogens (tertiary/aromatic N) is 5. The van der Waals surface area contributed by atoms with Crippen LogP contribution in [0.2, 0.25) is 0 Å². The number of aromatic nitrogens is 4. The molecule has 3 heterocycles. The van der Waals surface area contributed by atoms with Gasteiger partial charge in [-0.05, 0) is 18.9 Å². The zero-order valence-electron chi connectivity index (χ0n) is 13.4. The molecule has 4 rings (SSSR count). The maximum Gasteiger partial charge on any atom is 0.167 e. The molecule has 0 N–H and O–H groups in total. The van der Waals surface area contributed by atoms with Crippen LogP contribution in [0.25, 0.3) is 10.9 Å². The molecule has 2 aromatic heterocycles. The summed E-state index contributed by atoms with van der Waals surface area (Å²) in [4.78, 5) is 15.1. The molecule has 1 saturated heterocycles. The lowest BCUT2D eigenvalue weighted by Crippen LogP contribution is -2.33. The van der Waals surface area contributed by atoms with Crippen LogP contribution < -0.4 is 9.64 Å². The van der Waals surface area contributed by atoms with Crippen LogP contribution in [0.3, 0.4) is 0 Å². The summed E-state index contributed by atoms with van der Waals surface area (Å²) in [7, 11) is 1.46. The highest BCUT2D eigenvalue weighted by Crippen LogP contribution is 2.33. The molecule has 0 spiro atoms. The van der Waals surface area contributed by atoms with Gasteiger partial charge in [0.15, 0.2) is 11.6 Å². The van der Waals surface area contributed by atoms with E-state index in [1.54, 1.807) is 12.3 Å². The summed E-state index contributed by atoms with van der Waals surface area (Å²) >= 11 is 0. The molecule has 1 atom stereocenters. The van der Waals surface area contributed by atoms with Gasteiger partial charge in [-0.25, -0.2) is 19.3 Å². The highest BCUT2D eigenvalue weighted by atomic mass is 19.1. The summed E-state index contributed by atoms with van der Waals surface area (Å²) in [5.74, 6) is 0.635. The second kappa shape index (κ2) is 6.07. The van der Waals surface area contributed by atoms with E-state index >= 15 is 0 Å². The Morgan fingerprint density at radius 3 is 3.04 bits per heavy atom. The second-order valence-corrected chi connectivity index (χ2v) is 5.95. The third-order valence-corrected chi connectivity index (χ3v) is 4.52. The van der Waals surface area contributed by atoms with Crippen molar-refractivity contribution in [2.24, 2.45) is 0 Å². The van der Waals surface area contributed by atoms with Crippen molar-refractivity contribution in [3.8, 4) is 5.75 Å². The SMILES string of the molecule is COc1cc2c(N3CCCC3Cn3ccnc3)ncnc2cc1F. The minimum absolute atomic E-state index is 0.212. The summed E-state index contributed by atoms with van der Waals surface area (Å²) in [5.41, 5.74) is 0.589. The van der Waals surface area contributed by atoms with Crippen LogP contribution in [0, 0.1) is 5.82 Å². The predicted molar refractivity (Wildman–Crippen MR) is 88.6 cm³/mol. The quantitative estimate of drug-likeness (QED) is 0.737. The molecule has 1 fully saturated rings. The fraction of sp³-hybridized carbons (Fsp3) is 0.353. The molecule has 6 nitrogen and oxygen atoms in total. The molecule has 24 heavy (non-hydrogen) atoms. The molecule has 1 aliphatic rings. The Bertz CT molecular complexity index is 852. The zero-order valence-corrected chi connectivity index (χ0v) is 13.4. The molecular weight excluding hydrogens is 309 g/mol. The van der Waals surface area contributed by atoms with Gasteiger partial charge in [-0.3, -0.25) is 0 Å². The standard InChI is InChI=1S/C17H18FN5O/c1-24-16-7-13-15(8-14(16)18)20-10-21-17(13)23-5-2-3-12(23)9-22-6-4-19-11-22/h4,6-8,10-12H,2-3,5,9H2,1H3. The number of imidazole rings is 1. The van der Waals surface area contributed by atoms with Crippen molar-refractivity contribution in [2.45, 2.75) is 25.4 Å². The van der Waals surface area contributed by atoms with Gasteiger partial charge in [-0.1, -0.05) is 0 Å². The zero-order chi connectivity index (χ0) is 16.5. The molecule has 124 valence electrons. The third kappa shape index (κ3) is 2.55.